The normalized spacial score (nSPS) is 31.4. The topological polar surface area (TPSA) is 75.8 Å². The summed E-state index contributed by atoms with van der Waals surface area (Å²) in [5, 5.41) is 9.76. The number of aliphatic hydroxyl groups is 1. The van der Waals surface area contributed by atoms with Crippen LogP contribution in [0.25, 0.3) is 0 Å². The maximum absolute atomic E-state index is 12.3. The highest BCUT2D eigenvalue weighted by Gasteiger charge is 2.44. The summed E-state index contributed by atoms with van der Waals surface area (Å²) in [6, 6.07) is -0.0607. The first kappa shape index (κ1) is 39.7. The van der Waals surface area contributed by atoms with Crippen LogP contribution in [-0.4, -0.2) is 46.3 Å². The Labute approximate surface area is 289 Å². The Bertz CT molecular complexity index is 1070. The van der Waals surface area contributed by atoms with Crippen molar-refractivity contribution in [3.05, 3.63) is 47.7 Å². The van der Waals surface area contributed by atoms with Gasteiger partial charge in [0.25, 0.3) is 0 Å². The molecule has 6 atom stereocenters. The number of piperidine rings is 1. The molecule has 47 heavy (non-hydrogen) atoms. The van der Waals surface area contributed by atoms with Crippen LogP contribution in [0.2, 0.25) is 0 Å². The molecule has 2 aliphatic heterocycles. The van der Waals surface area contributed by atoms with Crippen molar-refractivity contribution >= 4 is 5.78 Å². The van der Waals surface area contributed by atoms with Crippen LogP contribution in [0.3, 0.4) is 0 Å². The third-order valence-electron chi connectivity index (χ3n) is 11.8. The summed E-state index contributed by atoms with van der Waals surface area (Å²) in [6.07, 6.45) is 24.3. The first-order valence-electron chi connectivity index (χ1n) is 19.4. The molecular weight excluding hydrogens is 580 g/mol. The summed E-state index contributed by atoms with van der Waals surface area (Å²) >= 11 is 0. The maximum Gasteiger partial charge on any atom is 0.152 e. The number of carbonyl (C=O) groups excluding carboxylic acids is 1. The van der Waals surface area contributed by atoms with Crippen molar-refractivity contribution in [2.45, 2.75) is 181 Å². The predicted molar refractivity (Wildman–Crippen MR) is 199 cm³/mol. The van der Waals surface area contributed by atoms with Crippen molar-refractivity contribution in [1.82, 2.24) is 4.90 Å². The van der Waals surface area contributed by atoms with E-state index in [0.29, 0.717) is 24.2 Å². The van der Waals surface area contributed by atoms with E-state index >= 15 is 0 Å². The third kappa shape index (κ3) is 12.6. The number of nitrogens with zero attached hydrogens (tertiary/aromatic N) is 1. The molecule has 3 N–H and O–H groups in total. The number of nitrogens with two attached hydrogens (primary N) is 1. The lowest BCUT2D eigenvalue weighted by Crippen LogP contribution is -2.57. The molecule has 0 spiro atoms. The summed E-state index contributed by atoms with van der Waals surface area (Å²) < 4.78 is 6.75. The van der Waals surface area contributed by atoms with Gasteiger partial charge in [0, 0.05) is 18.7 Å². The minimum absolute atomic E-state index is 0.0607. The third-order valence-corrected chi connectivity index (χ3v) is 11.8. The highest BCUT2D eigenvalue weighted by molar-refractivity contribution is 5.81. The lowest BCUT2D eigenvalue weighted by Gasteiger charge is -2.48. The van der Waals surface area contributed by atoms with Crippen molar-refractivity contribution in [3.8, 4) is 0 Å². The smallest absolute Gasteiger partial charge is 0.152 e. The average Bonchev–Trinajstić information content (AvgIpc) is 3.03. The molecule has 1 unspecified atom stereocenters. The molecule has 3 fully saturated rings. The molecule has 2 heterocycles. The number of rotatable bonds is 18. The first-order valence-corrected chi connectivity index (χ1v) is 19.4. The van der Waals surface area contributed by atoms with Crippen LogP contribution in [-0.2, 0) is 9.53 Å². The Morgan fingerprint density at radius 2 is 1.64 bits per heavy atom. The maximum atomic E-state index is 12.3. The van der Waals surface area contributed by atoms with Gasteiger partial charge < -0.3 is 20.5 Å². The number of hydrogen-bond acceptors (Lipinski definition) is 5. The number of unbranched alkanes of at least 4 members (excludes halogenated alkanes) is 2. The molecule has 0 aromatic heterocycles. The molecule has 1 saturated carbocycles. The van der Waals surface area contributed by atoms with Crippen LogP contribution in [0, 0.1) is 23.7 Å². The summed E-state index contributed by atoms with van der Waals surface area (Å²) in [7, 11) is 0. The van der Waals surface area contributed by atoms with E-state index < -0.39 is 5.72 Å². The van der Waals surface area contributed by atoms with Gasteiger partial charge in [0.05, 0.1) is 18.2 Å². The van der Waals surface area contributed by atoms with Gasteiger partial charge in [-0.05, 0) is 147 Å². The molecule has 268 valence electrons. The predicted octanol–water partition coefficient (Wildman–Crippen LogP) is 10.2. The van der Waals surface area contributed by atoms with E-state index in [0.717, 1.165) is 102 Å². The quantitative estimate of drug-likeness (QED) is 0.114. The van der Waals surface area contributed by atoms with E-state index in [1.807, 2.05) is 0 Å². The monoisotopic (exact) mass is 653 g/mol. The molecule has 0 radical (unpaired) electrons. The second kappa shape index (κ2) is 19.5. The molecule has 2 saturated heterocycles. The van der Waals surface area contributed by atoms with Crippen LogP contribution in [0.1, 0.15) is 157 Å². The number of hydrogen-bond donors (Lipinski definition) is 2. The number of carbonyl (C=O) groups is 1. The second-order valence-corrected chi connectivity index (χ2v) is 16.0. The van der Waals surface area contributed by atoms with Crippen LogP contribution in [0.5, 0.6) is 0 Å². The molecule has 0 amide bonds. The number of aliphatic hydroxyl groups excluding tert-OH is 1. The van der Waals surface area contributed by atoms with Crippen molar-refractivity contribution in [2.75, 3.05) is 6.54 Å². The molecule has 1 aliphatic carbocycles. The van der Waals surface area contributed by atoms with Gasteiger partial charge in [0.15, 0.2) is 5.78 Å². The summed E-state index contributed by atoms with van der Waals surface area (Å²) in [4.78, 5) is 14.5. The van der Waals surface area contributed by atoms with Crippen LogP contribution < -0.4 is 5.73 Å². The van der Waals surface area contributed by atoms with Gasteiger partial charge in [-0.25, -0.2) is 0 Å². The standard InChI is InChI=1S/C42H72N2O3/c1-9-38(32(4)18-12-10-16-30(2)26-37-21-23-39(46)24-22-37)27-31(3)17-11-13-20-41-33(5)28-34(6)42(43,47-41)29-35(7)44-25-15-14-19-40(44)36(8)45/h26-27,33-34,37-41,46H,4,7,9-25,28-29,43H2,1-3,5-6,8H3/b30-26+,31-27+/t33-,34+,37?,38+,39?,40?,41+,42-/m0/s1. The largest absolute Gasteiger partial charge is 0.393 e. The van der Waals surface area contributed by atoms with Crippen molar-refractivity contribution in [3.63, 3.8) is 0 Å². The molecule has 0 bridgehead atoms. The number of ketones is 1. The first-order chi connectivity index (χ1) is 22.3. The highest BCUT2D eigenvalue weighted by atomic mass is 16.5. The Morgan fingerprint density at radius 3 is 2.32 bits per heavy atom. The van der Waals surface area contributed by atoms with E-state index in [1.54, 1.807) is 6.92 Å². The van der Waals surface area contributed by atoms with Crippen LogP contribution in [0.15, 0.2) is 47.7 Å². The fourth-order valence-electron chi connectivity index (χ4n) is 8.53. The van der Waals surface area contributed by atoms with E-state index in [9.17, 15) is 9.90 Å². The summed E-state index contributed by atoms with van der Waals surface area (Å²) in [6.45, 7) is 22.9. The lowest BCUT2D eigenvalue weighted by atomic mass is 9.79. The number of likely N-dealkylation sites (tertiary alicyclic amines) is 1. The fourth-order valence-corrected chi connectivity index (χ4v) is 8.53. The van der Waals surface area contributed by atoms with Crippen molar-refractivity contribution in [2.24, 2.45) is 29.4 Å². The van der Waals surface area contributed by atoms with E-state index in [4.69, 9.17) is 10.5 Å². The molecule has 3 rings (SSSR count). The zero-order valence-electron chi connectivity index (χ0n) is 31.3. The van der Waals surface area contributed by atoms with Gasteiger partial charge in [0.2, 0.25) is 0 Å². The van der Waals surface area contributed by atoms with E-state index in [-0.39, 0.29) is 30.0 Å². The molecule has 5 heteroatoms. The number of ether oxygens (including phenoxy) is 1. The number of allylic oxidation sites excluding steroid dienone is 5. The van der Waals surface area contributed by atoms with Crippen molar-refractivity contribution < 1.29 is 14.6 Å². The zero-order valence-corrected chi connectivity index (χ0v) is 31.3. The fraction of sp³-hybridized carbons (Fsp3) is 0.786. The van der Waals surface area contributed by atoms with E-state index in [2.05, 4.69) is 64.8 Å². The SMILES string of the molecule is C=C(CCCC/C(C)=C/C1CCC(O)CC1)[C@@H](/C=C(\C)CCCC[C@H]1O[C@@](N)(CC(=C)N2CCCCC2C(C)=O)[C@H](C)C[C@@H]1C)CC. The Balaban J connectivity index is 1.40. The number of Topliss-reactive ketones (excluding diaryl/α,β-unsaturated/α-hetero) is 1. The highest BCUT2D eigenvalue weighted by Crippen LogP contribution is 2.40. The molecule has 0 aromatic carbocycles. The summed E-state index contributed by atoms with van der Waals surface area (Å²) in [5.74, 6) is 2.09. The minimum atomic E-state index is -0.730. The molecule has 5 nitrogen and oxygen atoms in total. The van der Waals surface area contributed by atoms with E-state index in [1.165, 1.54) is 36.0 Å². The van der Waals surface area contributed by atoms with Crippen LogP contribution >= 0.6 is 0 Å². The van der Waals surface area contributed by atoms with Gasteiger partial charge in [-0.15, -0.1) is 0 Å². The second-order valence-electron chi connectivity index (χ2n) is 16.0. The minimum Gasteiger partial charge on any atom is -0.393 e. The average molecular weight is 653 g/mol. The van der Waals surface area contributed by atoms with Gasteiger partial charge in [0.1, 0.15) is 5.72 Å². The summed E-state index contributed by atoms with van der Waals surface area (Å²) in [5.41, 5.74) is 11.6. The van der Waals surface area contributed by atoms with Crippen molar-refractivity contribution in [1.29, 1.82) is 0 Å². The van der Waals surface area contributed by atoms with Gasteiger partial charge in [-0.2, -0.15) is 0 Å². The van der Waals surface area contributed by atoms with Gasteiger partial charge >= 0.3 is 0 Å². The Hall–Kier alpha value is -1.69. The zero-order chi connectivity index (χ0) is 34.6. The molecular formula is C42H72N2O3. The lowest BCUT2D eigenvalue weighted by molar-refractivity contribution is -0.181. The molecule has 3 aliphatic rings. The van der Waals surface area contributed by atoms with Gasteiger partial charge in [-0.1, -0.05) is 69.2 Å². The molecule has 0 aromatic rings. The Kier molecular flexibility index (Phi) is 16.5. The van der Waals surface area contributed by atoms with Gasteiger partial charge in [-0.3, -0.25) is 4.79 Å². The Morgan fingerprint density at radius 1 is 0.979 bits per heavy atom. The van der Waals surface area contributed by atoms with Crippen LogP contribution in [0.4, 0.5) is 0 Å².